The molecule has 5 nitrogen and oxygen atoms in total. The van der Waals surface area contributed by atoms with Gasteiger partial charge >= 0.3 is 0 Å². The highest BCUT2D eigenvalue weighted by molar-refractivity contribution is 9.10. The number of nitrogens with one attached hydrogen (secondary N) is 1. The summed E-state index contributed by atoms with van der Waals surface area (Å²) in [6.45, 7) is 7.11. The minimum atomic E-state index is -0.744. The van der Waals surface area contributed by atoms with Gasteiger partial charge in [0.25, 0.3) is 0 Å². The number of fused-ring (bicyclic) bond motifs is 3. The molecule has 1 aromatic rings. The van der Waals surface area contributed by atoms with E-state index in [0.29, 0.717) is 36.8 Å². The third-order valence-corrected chi connectivity index (χ3v) is 8.12. The molecular weight excluding hydrogens is 386 g/mol. The molecule has 134 valence electrons. The lowest BCUT2D eigenvalue weighted by Crippen LogP contribution is -2.48. The van der Waals surface area contributed by atoms with Crippen molar-refractivity contribution < 1.29 is 19.1 Å². The van der Waals surface area contributed by atoms with E-state index in [-0.39, 0.29) is 11.7 Å². The summed E-state index contributed by atoms with van der Waals surface area (Å²) in [4.78, 5) is 25.7. The molecule has 2 bridgehead atoms. The van der Waals surface area contributed by atoms with Crippen LogP contribution in [0.5, 0.6) is 11.5 Å². The molecule has 0 spiro atoms. The van der Waals surface area contributed by atoms with Crippen LogP contribution in [0, 0.1) is 16.2 Å². The molecule has 3 unspecified atom stereocenters. The SMILES string of the molecule is CC12CCC(C(=O)Nc3ccc4c(c3)OCCO4)(C(Br)C1=O)C2(C)C. The monoisotopic (exact) mass is 407 g/mol. The first-order valence-corrected chi connectivity index (χ1v) is 9.55. The highest BCUT2D eigenvalue weighted by Gasteiger charge is 2.76. The molecule has 0 aromatic heterocycles. The van der Waals surface area contributed by atoms with E-state index in [1.54, 1.807) is 12.1 Å². The number of ketones is 1. The predicted molar refractivity (Wildman–Crippen MR) is 97.3 cm³/mol. The van der Waals surface area contributed by atoms with E-state index in [0.717, 1.165) is 6.42 Å². The highest BCUT2D eigenvalue weighted by atomic mass is 79.9. The van der Waals surface area contributed by atoms with E-state index < -0.39 is 21.1 Å². The number of hydrogen-bond donors (Lipinski definition) is 1. The zero-order chi connectivity index (χ0) is 18.0. The minimum absolute atomic E-state index is 0.106. The molecule has 4 rings (SSSR count). The molecule has 3 atom stereocenters. The number of benzene rings is 1. The standard InChI is InChI=1S/C19H22BrNO4/c1-17(2)18(3)6-7-19(17,14(20)15(18)22)16(23)21-11-4-5-12-13(10-11)25-9-8-24-12/h4-5,10,14H,6-9H2,1-3H3,(H,21,23). The van der Waals surface area contributed by atoms with Crippen molar-refractivity contribution in [2.75, 3.05) is 18.5 Å². The van der Waals surface area contributed by atoms with Crippen LogP contribution in [0.25, 0.3) is 0 Å². The van der Waals surface area contributed by atoms with E-state index >= 15 is 0 Å². The van der Waals surface area contributed by atoms with Gasteiger partial charge in [0.05, 0.1) is 10.2 Å². The van der Waals surface area contributed by atoms with Gasteiger partial charge in [0, 0.05) is 17.2 Å². The average Bonchev–Trinajstić information content (AvgIpc) is 2.86. The number of hydrogen-bond acceptors (Lipinski definition) is 4. The number of alkyl halides is 1. The topological polar surface area (TPSA) is 64.6 Å². The first-order chi connectivity index (χ1) is 11.7. The molecule has 2 aliphatic carbocycles. The Morgan fingerprint density at radius 2 is 1.84 bits per heavy atom. The smallest absolute Gasteiger partial charge is 0.232 e. The summed E-state index contributed by atoms with van der Waals surface area (Å²) in [5.74, 6) is 1.35. The van der Waals surface area contributed by atoms with Crippen molar-refractivity contribution >= 4 is 33.3 Å². The molecule has 25 heavy (non-hydrogen) atoms. The van der Waals surface area contributed by atoms with Crippen LogP contribution in [0.3, 0.4) is 0 Å². The van der Waals surface area contributed by atoms with Crippen LogP contribution in [0.2, 0.25) is 0 Å². The van der Waals surface area contributed by atoms with Crippen LogP contribution in [0.15, 0.2) is 18.2 Å². The molecule has 1 aliphatic heterocycles. The maximum Gasteiger partial charge on any atom is 0.232 e. The van der Waals surface area contributed by atoms with Crippen LogP contribution in [-0.4, -0.2) is 29.7 Å². The molecule has 3 aliphatic rings. The Bertz CT molecular complexity index is 777. The Labute approximate surface area is 155 Å². The Morgan fingerprint density at radius 1 is 1.16 bits per heavy atom. The van der Waals surface area contributed by atoms with Crippen LogP contribution < -0.4 is 14.8 Å². The number of anilines is 1. The summed E-state index contributed by atoms with van der Waals surface area (Å²) >= 11 is 3.55. The molecule has 1 heterocycles. The maximum absolute atomic E-state index is 13.3. The second-order valence-electron chi connectivity index (χ2n) is 7.97. The van der Waals surface area contributed by atoms with Crippen molar-refractivity contribution in [3.8, 4) is 11.5 Å². The van der Waals surface area contributed by atoms with Crippen LogP contribution >= 0.6 is 15.9 Å². The summed E-state index contributed by atoms with van der Waals surface area (Å²) < 4.78 is 11.1. The van der Waals surface area contributed by atoms with Gasteiger partial charge in [0.2, 0.25) is 5.91 Å². The summed E-state index contributed by atoms with van der Waals surface area (Å²) in [6.07, 6.45) is 1.45. The number of carbonyl (C=O) groups is 2. The average molecular weight is 408 g/mol. The second kappa shape index (κ2) is 5.22. The molecule has 0 saturated heterocycles. The molecule has 6 heteroatoms. The molecule has 0 radical (unpaired) electrons. The zero-order valence-electron chi connectivity index (χ0n) is 14.6. The molecule has 1 N–H and O–H groups in total. The fourth-order valence-electron chi connectivity index (χ4n) is 4.82. The fourth-order valence-corrected chi connectivity index (χ4v) is 6.33. The van der Waals surface area contributed by atoms with E-state index in [9.17, 15) is 9.59 Å². The number of amides is 1. The van der Waals surface area contributed by atoms with Gasteiger partial charge in [-0.25, -0.2) is 0 Å². The molecule has 1 amide bonds. The maximum atomic E-state index is 13.3. The molecular formula is C19H22BrNO4. The zero-order valence-corrected chi connectivity index (χ0v) is 16.2. The lowest BCUT2D eigenvalue weighted by Gasteiger charge is -2.39. The van der Waals surface area contributed by atoms with Gasteiger partial charge in [-0.15, -0.1) is 0 Å². The van der Waals surface area contributed by atoms with E-state index in [1.165, 1.54) is 0 Å². The van der Waals surface area contributed by atoms with Gasteiger partial charge in [0.1, 0.15) is 13.2 Å². The molecule has 2 saturated carbocycles. The minimum Gasteiger partial charge on any atom is -0.486 e. The van der Waals surface area contributed by atoms with E-state index in [4.69, 9.17) is 9.47 Å². The second-order valence-corrected chi connectivity index (χ2v) is 8.88. The van der Waals surface area contributed by atoms with Gasteiger partial charge < -0.3 is 14.8 Å². The van der Waals surface area contributed by atoms with Gasteiger partial charge in [-0.1, -0.05) is 36.7 Å². The van der Waals surface area contributed by atoms with E-state index in [2.05, 4.69) is 21.2 Å². The Balaban J connectivity index is 1.66. The van der Waals surface area contributed by atoms with Crippen molar-refractivity contribution in [2.45, 2.75) is 38.4 Å². The number of rotatable bonds is 2. The third kappa shape index (κ3) is 1.94. The lowest BCUT2D eigenvalue weighted by atomic mass is 9.64. The summed E-state index contributed by atoms with van der Waals surface area (Å²) in [5, 5.41) is 3.02. The van der Waals surface area contributed by atoms with Gasteiger partial charge in [-0.05, 0) is 30.4 Å². The van der Waals surface area contributed by atoms with Crippen LogP contribution in [0.1, 0.15) is 33.6 Å². The van der Waals surface area contributed by atoms with Crippen molar-refractivity contribution in [1.29, 1.82) is 0 Å². The Kier molecular flexibility index (Phi) is 3.53. The van der Waals surface area contributed by atoms with Crippen molar-refractivity contribution in [3.63, 3.8) is 0 Å². The largest absolute Gasteiger partial charge is 0.486 e. The van der Waals surface area contributed by atoms with Crippen molar-refractivity contribution in [3.05, 3.63) is 18.2 Å². The Morgan fingerprint density at radius 3 is 2.48 bits per heavy atom. The quantitative estimate of drug-likeness (QED) is 0.761. The summed E-state index contributed by atoms with van der Waals surface area (Å²) in [6, 6.07) is 5.39. The fraction of sp³-hybridized carbons (Fsp3) is 0.579. The Hall–Kier alpha value is -1.56. The first-order valence-electron chi connectivity index (χ1n) is 8.63. The predicted octanol–water partition coefficient (Wildman–Crippen LogP) is 3.56. The van der Waals surface area contributed by atoms with Crippen LogP contribution in [-0.2, 0) is 9.59 Å². The molecule has 1 aromatic carbocycles. The molecule has 2 fully saturated rings. The number of halogens is 1. The van der Waals surface area contributed by atoms with Gasteiger partial charge in [-0.2, -0.15) is 0 Å². The van der Waals surface area contributed by atoms with Gasteiger partial charge in [-0.3, -0.25) is 9.59 Å². The first kappa shape index (κ1) is 16.9. The van der Waals surface area contributed by atoms with E-state index in [1.807, 2.05) is 26.8 Å². The van der Waals surface area contributed by atoms with Crippen molar-refractivity contribution in [2.24, 2.45) is 16.2 Å². The van der Waals surface area contributed by atoms with Crippen LogP contribution in [0.4, 0.5) is 5.69 Å². The lowest BCUT2D eigenvalue weighted by molar-refractivity contribution is -0.130. The third-order valence-electron chi connectivity index (χ3n) is 6.93. The summed E-state index contributed by atoms with van der Waals surface area (Å²) in [5.41, 5.74) is -0.965. The summed E-state index contributed by atoms with van der Waals surface area (Å²) in [7, 11) is 0. The van der Waals surface area contributed by atoms with Crippen molar-refractivity contribution in [1.82, 2.24) is 0 Å². The number of Topliss-reactive ketones (excluding diaryl/α,β-unsaturated/α-hetero) is 1. The number of ether oxygens (including phenoxy) is 2. The normalized spacial score (nSPS) is 34.9. The van der Waals surface area contributed by atoms with Gasteiger partial charge in [0.15, 0.2) is 17.3 Å². The highest BCUT2D eigenvalue weighted by Crippen LogP contribution is 2.72. The number of carbonyl (C=O) groups excluding carboxylic acids is 2.